The maximum atomic E-state index is 9.67. The molecule has 12 heavy (non-hydrogen) atoms. The fourth-order valence-electron chi connectivity index (χ4n) is 2.14. The van der Waals surface area contributed by atoms with Crippen LogP contribution in [0.2, 0.25) is 0 Å². The first-order chi connectivity index (χ1) is 5.79. The van der Waals surface area contributed by atoms with Crippen molar-refractivity contribution in [3.05, 3.63) is 0 Å². The van der Waals surface area contributed by atoms with Crippen LogP contribution in [0.25, 0.3) is 0 Å². The van der Waals surface area contributed by atoms with Crippen molar-refractivity contribution in [2.45, 2.75) is 51.3 Å². The fourth-order valence-corrected chi connectivity index (χ4v) is 4.16. The van der Waals surface area contributed by atoms with E-state index in [2.05, 4.69) is 13.8 Å². The quantitative estimate of drug-likeness (QED) is 0.672. The normalized spacial score (nSPS) is 37.8. The monoisotopic (exact) mass is 188 g/mol. The summed E-state index contributed by atoms with van der Waals surface area (Å²) in [6.07, 6.45) is 6.27. The van der Waals surface area contributed by atoms with Gasteiger partial charge in [0.2, 0.25) is 0 Å². The van der Waals surface area contributed by atoms with Crippen LogP contribution in [0.15, 0.2) is 0 Å². The summed E-state index contributed by atoms with van der Waals surface area (Å²) in [5.74, 6) is 0.620. The number of unbranched alkanes of at least 4 members (excludes halogenated alkanes) is 1. The molecule has 4 atom stereocenters. The molecular formula is C10H21OP. The van der Waals surface area contributed by atoms with Crippen LogP contribution >= 0.6 is 8.58 Å². The summed E-state index contributed by atoms with van der Waals surface area (Å²) in [5.41, 5.74) is 0.852. The number of hydrogen-bond donors (Lipinski definition) is 1. The molecule has 0 aromatic rings. The zero-order chi connectivity index (χ0) is 8.97. The van der Waals surface area contributed by atoms with E-state index in [4.69, 9.17) is 0 Å². The minimum atomic E-state index is 0.0233. The third kappa shape index (κ3) is 2.44. The van der Waals surface area contributed by atoms with Crippen molar-refractivity contribution in [2.24, 2.45) is 5.92 Å². The molecule has 1 aliphatic heterocycles. The molecule has 0 radical (unpaired) electrons. The molecule has 1 saturated heterocycles. The second kappa shape index (κ2) is 5.19. The molecule has 1 nitrogen and oxygen atoms in total. The van der Waals surface area contributed by atoms with Crippen molar-refractivity contribution < 1.29 is 5.11 Å². The third-order valence-corrected chi connectivity index (χ3v) is 4.84. The van der Waals surface area contributed by atoms with Crippen LogP contribution < -0.4 is 0 Å². The van der Waals surface area contributed by atoms with E-state index >= 15 is 0 Å². The Morgan fingerprint density at radius 3 is 2.75 bits per heavy atom. The topological polar surface area (TPSA) is 20.2 Å². The van der Waals surface area contributed by atoms with Gasteiger partial charge in [0.1, 0.15) is 0 Å². The van der Waals surface area contributed by atoms with Crippen molar-refractivity contribution >= 4 is 8.58 Å². The average Bonchev–Trinajstić information content (AvgIpc) is 2.43. The smallest absolute Gasteiger partial charge is 0.0611 e. The summed E-state index contributed by atoms with van der Waals surface area (Å²) >= 11 is 0. The predicted octanol–water partition coefficient (Wildman–Crippen LogP) is 2.62. The maximum absolute atomic E-state index is 9.67. The molecule has 0 spiro atoms. The lowest BCUT2D eigenvalue weighted by Gasteiger charge is -2.19. The predicted molar refractivity (Wildman–Crippen MR) is 56.3 cm³/mol. The molecule has 1 fully saturated rings. The van der Waals surface area contributed by atoms with Crippen LogP contribution in [-0.4, -0.2) is 23.0 Å². The summed E-state index contributed by atoms with van der Waals surface area (Å²) in [5, 5.41) is 9.67. The van der Waals surface area contributed by atoms with E-state index in [-0.39, 0.29) is 6.10 Å². The van der Waals surface area contributed by atoms with E-state index in [1.807, 2.05) is 0 Å². The molecule has 0 bridgehead atoms. The van der Waals surface area contributed by atoms with Gasteiger partial charge in [-0.3, -0.25) is 0 Å². The number of aliphatic hydroxyl groups excluding tert-OH is 1. The van der Waals surface area contributed by atoms with Crippen LogP contribution in [0.1, 0.15) is 39.5 Å². The first-order valence-electron chi connectivity index (χ1n) is 5.21. The standard InChI is InChI=1S/C10H21OP/c1-3-5-6-10-8(4-2)9(11)7-12-10/h8-12H,3-7H2,1-2H3. The molecule has 72 valence electrons. The van der Waals surface area contributed by atoms with E-state index in [0.29, 0.717) is 5.92 Å². The molecule has 0 amide bonds. The fraction of sp³-hybridized carbons (Fsp3) is 1.00. The van der Waals surface area contributed by atoms with Crippen LogP contribution in [0.5, 0.6) is 0 Å². The zero-order valence-corrected chi connectivity index (χ0v) is 9.21. The molecule has 4 unspecified atom stereocenters. The van der Waals surface area contributed by atoms with Gasteiger partial charge in [0.15, 0.2) is 0 Å². The molecular weight excluding hydrogens is 167 g/mol. The minimum absolute atomic E-state index is 0.0233. The van der Waals surface area contributed by atoms with Crippen molar-refractivity contribution in [2.75, 3.05) is 6.16 Å². The highest BCUT2D eigenvalue weighted by Gasteiger charge is 2.32. The summed E-state index contributed by atoms with van der Waals surface area (Å²) in [4.78, 5) is 0. The lowest BCUT2D eigenvalue weighted by Crippen LogP contribution is -2.22. The second-order valence-corrected chi connectivity index (χ2v) is 5.35. The first kappa shape index (κ1) is 10.5. The minimum Gasteiger partial charge on any atom is -0.392 e. The van der Waals surface area contributed by atoms with Gasteiger partial charge >= 0.3 is 0 Å². The van der Waals surface area contributed by atoms with Crippen LogP contribution in [0.4, 0.5) is 0 Å². The average molecular weight is 188 g/mol. The van der Waals surface area contributed by atoms with Gasteiger partial charge in [-0.2, -0.15) is 0 Å². The van der Waals surface area contributed by atoms with Crippen LogP contribution in [0, 0.1) is 5.92 Å². The zero-order valence-electron chi connectivity index (χ0n) is 8.21. The SMILES string of the molecule is CCCCC1PCC(O)C1CC. The van der Waals surface area contributed by atoms with Crippen LogP contribution in [-0.2, 0) is 0 Å². The Kier molecular flexibility index (Phi) is 4.53. The molecule has 1 rings (SSSR count). The molecule has 1 aliphatic rings. The van der Waals surface area contributed by atoms with E-state index in [0.717, 1.165) is 20.4 Å². The highest BCUT2D eigenvalue weighted by molar-refractivity contribution is 7.39. The van der Waals surface area contributed by atoms with Gasteiger partial charge in [0.25, 0.3) is 0 Å². The van der Waals surface area contributed by atoms with Crippen molar-refractivity contribution in [3.63, 3.8) is 0 Å². The highest BCUT2D eigenvalue weighted by atomic mass is 31.1. The van der Waals surface area contributed by atoms with E-state index in [1.165, 1.54) is 25.7 Å². The van der Waals surface area contributed by atoms with E-state index < -0.39 is 0 Å². The Morgan fingerprint density at radius 1 is 1.42 bits per heavy atom. The Labute approximate surface area is 77.7 Å². The lowest BCUT2D eigenvalue weighted by atomic mass is 9.94. The Morgan fingerprint density at radius 2 is 2.17 bits per heavy atom. The Hall–Kier alpha value is 0.390. The Bertz CT molecular complexity index is 127. The number of aliphatic hydroxyl groups is 1. The molecule has 1 heterocycles. The van der Waals surface area contributed by atoms with Gasteiger partial charge in [-0.05, 0) is 24.2 Å². The molecule has 1 N–H and O–H groups in total. The van der Waals surface area contributed by atoms with Gasteiger partial charge in [-0.1, -0.05) is 33.1 Å². The van der Waals surface area contributed by atoms with Gasteiger partial charge in [0.05, 0.1) is 6.10 Å². The summed E-state index contributed by atoms with van der Waals surface area (Å²) in [6.45, 7) is 4.46. The molecule has 0 aromatic heterocycles. The summed E-state index contributed by atoms with van der Waals surface area (Å²) in [7, 11) is 1.03. The maximum Gasteiger partial charge on any atom is 0.0611 e. The summed E-state index contributed by atoms with van der Waals surface area (Å²) < 4.78 is 0. The van der Waals surface area contributed by atoms with Crippen molar-refractivity contribution in [1.82, 2.24) is 0 Å². The number of rotatable bonds is 4. The summed E-state index contributed by atoms with van der Waals surface area (Å²) in [6, 6.07) is 0. The molecule has 2 heteroatoms. The van der Waals surface area contributed by atoms with E-state index in [9.17, 15) is 5.11 Å². The molecule has 0 saturated carbocycles. The van der Waals surface area contributed by atoms with Gasteiger partial charge < -0.3 is 5.11 Å². The van der Waals surface area contributed by atoms with Gasteiger partial charge in [0, 0.05) is 0 Å². The molecule has 0 aromatic carbocycles. The second-order valence-electron chi connectivity index (χ2n) is 3.80. The first-order valence-corrected chi connectivity index (χ1v) is 6.49. The van der Waals surface area contributed by atoms with Crippen molar-refractivity contribution in [3.8, 4) is 0 Å². The third-order valence-electron chi connectivity index (χ3n) is 2.94. The number of hydrogen-bond acceptors (Lipinski definition) is 1. The van der Waals surface area contributed by atoms with Gasteiger partial charge in [-0.25, -0.2) is 0 Å². The van der Waals surface area contributed by atoms with Crippen LogP contribution in [0.3, 0.4) is 0 Å². The largest absolute Gasteiger partial charge is 0.392 e. The van der Waals surface area contributed by atoms with E-state index in [1.54, 1.807) is 0 Å². The molecule has 0 aliphatic carbocycles. The van der Waals surface area contributed by atoms with Crippen molar-refractivity contribution in [1.29, 1.82) is 0 Å². The Balaban J connectivity index is 2.32. The van der Waals surface area contributed by atoms with Gasteiger partial charge in [-0.15, -0.1) is 8.58 Å². The highest BCUT2D eigenvalue weighted by Crippen LogP contribution is 2.42. The lowest BCUT2D eigenvalue weighted by molar-refractivity contribution is 0.134.